The van der Waals surface area contributed by atoms with Crippen LogP contribution in [-0.4, -0.2) is 30.1 Å². The molecular weight excluding hydrogens is 234 g/mol. The quantitative estimate of drug-likeness (QED) is 0.760. The average Bonchev–Trinajstić information content (AvgIpc) is 2.29. The monoisotopic (exact) mass is 253 g/mol. The highest BCUT2D eigenvalue weighted by molar-refractivity contribution is 6.30. The van der Waals surface area contributed by atoms with Crippen LogP contribution in [-0.2, 0) is 4.74 Å². The Labute approximate surface area is 109 Å². The second kappa shape index (κ2) is 4.97. The molecular formula is C14H20ClNO. The standard InChI is InChI=1S/C14H20ClNO/c1-14(2,3)16-8-9-17-13(10-16)11-4-6-12(15)7-5-11/h4-7,13H,8-10H2,1-3H3/t13-/m1/s1. The summed E-state index contributed by atoms with van der Waals surface area (Å²) in [7, 11) is 0. The van der Waals surface area contributed by atoms with E-state index in [1.165, 1.54) is 5.56 Å². The number of morpholine rings is 1. The third-order valence-corrected chi connectivity index (χ3v) is 3.51. The molecule has 0 unspecified atom stereocenters. The maximum Gasteiger partial charge on any atom is 0.0952 e. The Morgan fingerprint density at radius 1 is 1.24 bits per heavy atom. The van der Waals surface area contributed by atoms with Crippen LogP contribution in [0.3, 0.4) is 0 Å². The molecule has 1 saturated heterocycles. The highest BCUT2D eigenvalue weighted by Crippen LogP contribution is 2.27. The van der Waals surface area contributed by atoms with Crippen molar-refractivity contribution >= 4 is 11.6 Å². The Bertz CT molecular complexity index is 369. The van der Waals surface area contributed by atoms with E-state index in [1.807, 2.05) is 12.1 Å². The summed E-state index contributed by atoms with van der Waals surface area (Å²) in [6, 6.07) is 7.96. The van der Waals surface area contributed by atoms with Crippen molar-refractivity contribution in [3.63, 3.8) is 0 Å². The number of ether oxygens (including phenoxy) is 1. The van der Waals surface area contributed by atoms with Gasteiger partial charge in [0, 0.05) is 23.7 Å². The summed E-state index contributed by atoms with van der Waals surface area (Å²) in [5.41, 5.74) is 1.41. The molecule has 2 nitrogen and oxygen atoms in total. The summed E-state index contributed by atoms with van der Waals surface area (Å²) >= 11 is 5.90. The van der Waals surface area contributed by atoms with E-state index < -0.39 is 0 Å². The topological polar surface area (TPSA) is 12.5 Å². The lowest BCUT2D eigenvalue weighted by molar-refractivity contribution is -0.0596. The molecule has 0 radical (unpaired) electrons. The van der Waals surface area contributed by atoms with Crippen molar-refractivity contribution in [3.8, 4) is 0 Å². The van der Waals surface area contributed by atoms with E-state index >= 15 is 0 Å². The molecule has 0 bridgehead atoms. The first kappa shape index (κ1) is 12.9. The minimum atomic E-state index is 0.167. The van der Waals surface area contributed by atoms with E-state index in [-0.39, 0.29) is 11.6 Å². The Balaban J connectivity index is 2.09. The zero-order valence-corrected chi connectivity index (χ0v) is 11.5. The minimum absolute atomic E-state index is 0.167. The van der Waals surface area contributed by atoms with Crippen LogP contribution in [0.1, 0.15) is 32.4 Å². The molecule has 0 amide bonds. The molecule has 0 spiro atoms. The molecule has 2 rings (SSSR count). The van der Waals surface area contributed by atoms with Crippen molar-refractivity contribution in [1.29, 1.82) is 0 Å². The zero-order valence-electron chi connectivity index (χ0n) is 10.7. The predicted octanol–water partition coefficient (Wildman–Crippen LogP) is 3.51. The third-order valence-electron chi connectivity index (χ3n) is 3.26. The molecule has 0 saturated carbocycles. The van der Waals surface area contributed by atoms with Crippen molar-refractivity contribution in [2.24, 2.45) is 0 Å². The molecule has 0 N–H and O–H groups in total. The summed E-state index contributed by atoms with van der Waals surface area (Å²) < 4.78 is 5.84. The van der Waals surface area contributed by atoms with Crippen LogP contribution in [0, 0.1) is 0 Å². The van der Waals surface area contributed by atoms with Crippen LogP contribution in [0.5, 0.6) is 0 Å². The van der Waals surface area contributed by atoms with Crippen LogP contribution in [0.2, 0.25) is 5.02 Å². The van der Waals surface area contributed by atoms with E-state index in [9.17, 15) is 0 Å². The number of hydrogen-bond acceptors (Lipinski definition) is 2. The summed E-state index contributed by atoms with van der Waals surface area (Å²) in [4.78, 5) is 2.47. The van der Waals surface area contributed by atoms with Gasteiger partial charge >= 0.3 is 0 Å². The fourth-order valence-corrected chi connectivity index (χ4v) is 2.26. The van der Waals surface area contributed by atoms with E-state index in [0.29, 0.717) is 0 Å². The maximum atomic E-state index is 5.90. The van der Waals surface area contributed by atoms with E-state index in [4.69, 9.17) is 16.3 Å². The first-order chi connectivity index (χ1) is 7.97. The van der Waals surface area contributed by atoms with Crippen molar-refractivity contribution < 1.29 is 4.74 Å². The van der Waals surface area contributed by atoms with Crippen molar-refractivity contribution in [2.75, 3.05) is 19.7 Å². The van der Waals surface area contributed by atoms with Gasteiger partial charge in [-0.25, -0.2) is 0 Å². The van der Waals surface area contributed by atoms with Gasteiger partial charge in [-0.15, -0.1) is 0 Å². The van der Waals surface area contributed by atoms with Crippen LogP contribution in [0.4, 0.5) is 0 Å². The smallest absolute Gasteiger partial charge is 0.0952 e. The van der Waals surface area contributed by atoms with Gasteiger partial charge in [0.25, 0.3) is 0 Å². The predicted molar refractivity (Wildman–Crippen MR) is 71.5 cm³/mol. The lowest BCUT2D eigenvalue weighted by atomic mass is 10.0. The number of halogens is 1. The first-order valence-corrected chi connectivity index (χ1v) is 6.47. The van der Waals surface area contributed by atoms with Gasteiger partial charge in [-0.2, -0.15) is 0 Å². The summed E-state index contributed by atoms with van der Waals surface area (Å²) in [5, 5.41) is 0.775. The molecule has 1 aliphatic rings. The summed E-state index contributed by atoms with van der Waals surface area (Å²) in [5.74, 6) is 0. The molecule has 0 aliphatic carbocycles. The van der Waals surface area contributed by atoms with Gasteiger partial charge in [-0.3, -0.25) is 4.90 Å². The number of nitrogens with zero attached hydrogens (tertiary/aromatic N) is 1. The molecule has 3 heteroatoms. The second-order valence-electron chi connectivity index (χ2n) is 5.53. The maximum absolute atomic E-state index is 5.90. The van der Waals surface area contributed by atoms with Crippen LogP contribution >= 0.6 is 11.6 Å². The lowest BCUT2D eigenvalue weighted by Crippen LogP contribution is -2.48. The molecule has 1 fully saturated rings. The molecule has 1 aliphatic heterocycles. The van der Waals surface area contributed by atoms with Gasteiger partial charge in [0.2, 0.25) is 0 Å². The van der Waals surface area contributed by atoms with Gasteiger partial charge in [0.1, 0.15) is 0 Å². The fourth-order valence-electron chi connectivity index (χ4n) is 2.14. The van der Waals surface area contributed by atoms with Crippen LogP contribution in [0.15, 0.2) is 24.3 Å². The average molecular weight is 254 g/mol. The molecule has 17 heavy (non-hydrogen) atoms. The molecule has 1 aromatic rings. The molecule has 0 aromatic heterocycles. The van der Waals surface area contributed by atoms with Gasteiger partial charge in [-0.05, 0) is 38.5 Å². The zero-order chi connectivity index (χ0) is 12.5. The highest BCUT2D eigenvalue weighted by atomic mass is 35.5. The summed E-state index contributed by atoms with van der Waals surface area (Å²) in [6.07, 6.45) is 0.167. The minimum Gasteiger partial charge on any atom is -0.371 e. The molecule has 94 valence electrons. The van der Waals surface area contributed by atoms with E-state index in [1.54, 1.807) is 0 Å². The van der Waals surface area contributed by atoms with E-state index in [2.05, 4.69) is 37.8 Å². The van der Waals surface area contributed by atoms with Gasteiger partial charge in [0.15, 0.2) is 0 Å². The lowest BCUT2D eigenvalue weighted by Gasteiger charge is -2.41. The largest absolute Gasteiger partial charge is 0.371 e. The Morgan fingerprint density at radius 2 is 1.88 bits per heavy atom. The Hall–Kier alpha value is -0.570. The third kappa shape index (κ3) is 3.21. The number of benzene rings is 1. The molecule has 1 heterocycles. The van der Waals surface area contributed by atoms with Crippen LogP contribution in [0.25, 0.3) is 0 Å². The highest BCUT2D eigenvalue weighted by Gasteiger charge is 2.28. The van der Waals surface area contributed by atoms with Gasteiger partial charge in [-0.1, -0.05) is 23.7 Å². The fraction of sp³-hybridized carbons (Fsp3) is 0.571. The van der Waals surface area contributed by atoms with Gasteiger partial charge in [0.05, 0.1) is 12.7 Å². The Morgan fingerprint density at radius 3 is 2.47 bits per heavy atom. The second-order valence-corrected chi connectivity index (χ2v) is 5.96. The van der Waals surface area contributed by atoms with Crippen molar-refractivity contribution in [3.05, 3.63) is 34.9 Å². The Kier molecular flexibility index (Phi) is 3.76. The van der Waals surface area contributed by atoms with Crippen molar-refractivity contribution in [1.82, 2.24) is 4.90 Å². The number of hydrogen-bond donors (Lipinski definition) is 0. The number of rotatable bonds is 1. The molecule has 1 atom stereocenters. The van der Waals surface area contributed by atoms with Gasteiger partial charge < -0.3 is 4.74 Å². The first-order valence-electron chi connectivity index (χ1n) is 6.09. The van der Waals surface area contributed by atoms with E-state index in [0.717, 1.165) is 24.7 Å². The molecule has 1 aromatic carbocycles. The SMILES string of the molecule is CC(C)(C)N1CCO[C@@H](c2ccc(Cl)cc2)C1. The van der Waals surface area contributed by atoms with Crippen LogP contribution < -0.4 is 0 Å². The normalized spacial score (nSPS) is 22.7. The van der Waals surface area contributed by atoms with Crippen molar-refractivity contribution in [2.45, 2.75) is 32.4 Å². The summed E-state index contributed by atoms with van der Waals surface area (Å²) in [6.45, 7) is 9.50.